The van der Waals surface area contributed by atoms with E-state index in [-0.39, 0.29) is 0 Å². The van der Waals surface area contributed by atoms with Crippen molar-refractivity contribution in [3.05, 3.63) is 28.2 Å². The van der Waals surface area contributed by atoms with E-state index in [4.69, 9.17) is 27.9 Å². The topological polar surface area (TPSA) is 21.3 Å². The summed E-state index contributed by atoms with van der Waals surface area (Å²) in [5.41, 5.74) is 0. The number of hydrogen-bond acceptors (Lipinski definition) is 2. The zero-order chi connectivity index (χ0) is 12.3. The fourth-order valence-electron chi connectivity index (χ4n) is 1.80. The Kier molecular flexibility index (Phi) is 4.55. The second kappa shape index (κ2) is 5.94. The van der Waals surface area contributed by atoms with E-state index in [2.05, 4.69) is 12.2 Å². The molecule has 1 fully saturated rings. The van der Waals surface area contributed by atoms with Crippen LogP contribution >= 0.6 is 23.2 Å². The molecule has 1 aromatic rings. The second-order valence-electron chi connectivity index (χ2n) is 4.50. The number of benzene rings is 1. The van der Waals surface area contributed by atoms with Gasteiger partial charge in [-0.1, -0.05) is 23.2 Å². The highest BCUT2D eigenvalue weighted by molar-refractivity contribution is 6.35. The first-order chi connectivity index (χ1) is 8.16. The molecule has 1 unspecified atom stereocenters. The van der Waals surface area contributed by atoms with E-state index in [0.717, 1.165) is 12.5 Å². The predicted octanol–water partition coefficient (Wildman–Crippen LogP) is 3.76. The van der Waals surface area contributed by atoms with Crippen molar-refractivity contribution in [1.29, 1.82) is 0 Å². The van der Waals surface area contributed by atoms with Gasteiger partial charge in [-0.3, -0.25) is 0 Å². The summed E-state index contributed by atoms with van der Waals surface area (Å²) < 4.78 is 5.59. The van der Waals surface area contributed by atoms with Gasteiger partial charge in [0.25, 0.3) is 0 Å². The van der Waals surface area contributed by atoms with Crippen molar-refractivity contribution in [1.82, 2.24) is 5.32 Å². The molecule has 0 saturated heterocycles. The highest BCUT2D eigenvalue weighted by Gasteiger charge is 2.27. The van der Waals surface area contributed by atoms with E-state index in [9.17, 15) is 0 Å². The van der Waals surface area contributed by atoms with Gasteiger partial charge in [0.15, 0.2) is 0 Å². The third-order valence-corrected chi connectivity index (χ3v) is 3.58. The predicted molar refractivity (Wildman–Crippen MR) is 72.1 cm³/mol. The Morgan fingerprint density at radius 2 is 2.18 bits per heavy atom. The summed E-state index contributed by atoms with van der Waals surface area (Å²) in [6.07, 6.45) is 2.72. The van der Waals surface area contributed by atoms with E-state index in [1.54, 1.807) is 18.2 Å². The molecule has 4 heteroatoms. The molecule has 1 saturated carbocycles. The molecule has 0 aromatic heterocycles. The Bertz CT molecular complexity index is 380. The maximum absolute atomic E-state index is 6.00. The van der Waals surface area contributed by atoms with Crippen LogP contribution in [0.5, 0.6) is 5.75 Å². The van der Waals surface area contributed by atoms with E-state index in [1.165, 1.54) is 12.8 Å². The minimum atomic E-state index is 0.563. The minimum absolute atomic E-state index is 0.563. The summed E-state index contributed by atoms with van der Waals surface area (Å²) in [7, 11) is 0. The molecule has 0 spiro atoms. The lowest BCUT2D eigenvalue weighted by molar-refractivity contribution is 0.303. The molecule has 0 radical (unpaired) electrons. The highest BCUT2D eigenvalue weighted by Crippen LogP contribution is 2.32. The lowest BCUT2D eigenvalue weighted by Gasteiger charge is -2.13. The fourth-order valence-corrected chi connectivity index (χ4v) is 2.27. The van der Waals surface area contributed by atoms with Crippen molar-refractivity contribution < 1.29 is 4.74 Å². The zero-order valence-corrected chi connectivity index (χ0v) is 11.4. The summed E-state index contributed by atoms with van der Waals surface area (Å²) in [4.78, 5) is 0. The first-order valence-electron chi connectivity index (χ1n) is 5.98. The van der Waals surface area contributed by atoms with Gasteiger partial charge < -0.3 is 10.1 Å². The van der Waals surface area contributed by atoms with Crippen molar-refractivity contribution in [3.8, 4) is 5.75 Å². The third-order valence-electron chi connectivity index (χ3n) is 3.05. The Morgan fingerprint density at radius 1 is 1.41 bits per heavy atom. The van der Waals surface area contributed by atoms with Gasteiger partial charge in [0.1, 0.15) is 12.4 Å². The Morgan fingerprint density at radius 3 is 2.82 bits per heavy atom. The molecule has 1 atom stereocenters. The largest absolute Gasteiger partial charge is 0.491 e. The van der Waals surface area contributed by atoms with Gasteiger partial charge in [0.05, 0.1) is 5.02 Å². The maximum Gasteiger partial charge on any atom is 0.138 e. The van der Waals surface area contributed by atoms with Gasteiger partial charge in [-0.15, -0.1) is 0 Å². The molecule has 17 heavy (non-hydrogen) atoms. The number of halogens is 2. The van der Waals surface area contributed by atoms with Crippen LogP contribution in [0.25, 0.3) is 0 Å². The van der Waals surface area contributed by atoms with Gasteiger partial charge in [-0.25, -0.2) is 0 Å². The first kappa shape index (κ1) is 13.0. The second-order valence-corrected chi connectivity index (χ2v) is 5.35. The molecule has 1 aromatic carbocycles. The quantitative estimate of drug-likeness (QED) is 0.797. The average molecular weight is 274 g/mol. The Balaban J connectivity index is 1.70. The van der Waals surface area contributed by atoms with Crippen LogP contribution in [0.4, 0.5) is 0 Å². The van der Waals surface area contributed by atoms with Crippen LogP contribution in [0.3, 0.4) is 0 Å². The van der Waals surface area contributed by atoms with Gasteiger partial charge >= 0.3 is 0 Å². The summed E-state index contributed by atoms with van der Waals surface area (Å²) in [5.74, 6) is 1.56. The van der Waals surface area contributed by atoms with E-state index in [0.29, 0.717) is 28.4 Å². The highest BCUT2D eigenvalue weighted by atomic mass is 35.5. The van der Waals surface area contributed by atoms with Crippen LogP contribution in [0.2, 0.25) is 10.0 Å². The van der Waals surface area contributed by atoms with Crippen molar-refractivity contribution in [2.45, 2.75) is 25.8 Å². The van der Waals surface area contributed by atoms with Crippen LogP contribution < -0.4 is 10.1 Å². The maximum atomic E-state index is 6.00. The third kappa shape index (κ3) is 4.06. The molecule has 0 bridgehead atoms. The van der Waals surface area contributed by atoms with Gasteiger partial charge in [-0.2, -0.15) is 0 Å². The standard InChI is InChI=1S/C13H17Cl2NO/c1-9(10-2-3-10)16-6-7-17-13-5-4-11(14)8-12(13)15/h4-5,8-10,16H,2-3,6-7H2,1H3. The van der Waals surface area contributed by atoms with Crippen molar-refractivity contribution in [2.24, 2.45) is 5.92 Å². The van der Waals surface area contributed by atoms with Crippen LogP contribution in [0.15, 0.2) is 18.2 Å². The summed E-state index contributed by atoms with van der Waals surface area (Å²) in [6, 6.07) is 5.87. The normalized spacial score (nSPS) is 16.9. The molecular weight excluding hydrogens is 257 g/mol. The Labute approximate surface area is 112 Å². The molecular formula is C13H17Cl2NO. The molecule has 1 N–H and O–H groups in total. The first-order valence-corrected chi connectivity index (χ1v) is 6.73. The van der Waals surface area contributed by atoms with Gasteiger partial charge in [0, 0.05) is 17.6 Å². The molecule has 1 aliphatic rings. The van der Waals surface area contributed by atoms with Crippen molar-refractivity contribution in [2.75, 3.05) is 13.2 Å². The zero-order valence-electron chi connectivity index (χ0n) is 9.88. The molecule has 2 rings (SSSR count). The van der Waals surface area contributed by atoms with E-state index >= 15 is 0 Å². The number of ether oxygens (including phenoxy) is 1. The molecule has 2 nitrogen and oxygen atoms in total. The fraction of sp³-hybridized carbons (Fsp3) is 0.538. The van der Waals surface area contributed by atoms with Gasteiger partial charge in [0.2, 0.25) is 0 Å². The van der Waals surface area contributed by atoms with Crippen LogP contribution in [0, 0.1) is 5.92 Å². The van der Waals surface area contributed by atoms with Crippen molar-refractivity contribution in [3.63, 3.8) is 0 Å². The van der Waals surface area contributed by atoms with Crippen LogP contribution in [0.1, 0.15) is 19.8 Å². The number of rotatable bonds is 6. The smallest absolute Gasteiger partial charge is 0.138 e. The SMILES string of the molecule is CC(NCCOc1ccc(Cl)cc1Cl)C1CC1. The molecule has 94 valence electrons. The molecule has 1 aliphatic carbocycles. The summed E-state index contributed by atoms with van der Waals surface area (Å²) >= 11 is 11.8. The minimum Gasteiger partial charge on any atom is -0.491 e. The molecule has 0 amide bonds. The molecule has 0 heterocycles. The van der Waals surface area contributed by atoms with Crippen molar-refractivity contribution >= 4 is 23.2 Å². The summed E-state index contributed by atoms with van der Waals surface area (Å²) in [6.45, 7) is 3.70. The summed E-state index contributed by atoms with van der Waals surface area (Å²) in [5, 5.41) is 4.64. The van der Waals surface area contributed by atoms with Crippen LogP contribution in [-0.2, 0) is 0 Å². The van der Waals surface area contributed by atoms with E-state index in [1.807, 2.05) is 0 Å². The van der Waals surface area contributed by atoms with Gasteiger partial charge in [-0.05, 0) is 43.9 Å². The monoisotopic (exact) mass is 273 g/mol. The van der Waals surface area contributed by atoms with Crippen LogP contribution in [-0.4, -0.2) is 19.2 Å². The van der Waals surface area contributed by atoms with E-state index < -0.39 is 0 Å². The average Bonchev–Trinajstić information content (AvgIpc) is 3.10. The lowest BCUT2D eigenvalue weighted by Crippen LogP contribution is -2.31. The number of nitrogens with one attached hydrogen (secondary N) is 1. The molecule has 0 aliphatic heterocycles. The Hall–Kier alpha value is -0.440. The lowest BCUT2D eigenvalue weighted by atomic mass is 10.2. The number of hydrogen-bond donors (Lipinski definition) is 1.